The highest BCUT2D eigenvalue weighted by molar-refractivity contribution is 5.99. The lowest BCUT2D eigenvalue weighted by molar-refractivity contribution is -0.167. The van der Waals surface area contributed by atoms with E-state index in [0.29, 0.717) is 67.1 Å². The van der Waals surface area contributed by atoms with Crippen molar-refractivity contribution in [1.82, 2.24) is 20.5 Å². The van der Waals surface area contributed by atoms with Crippen LogP contribution in [-0.2, 0) is 32.8 Å². The Bertz CT molecular complexity index is 1940. The minimum Gasteiger partial charge on any atom is -0.506 e. The summed E-state index contributed by atoms with van der Waals surface area (Å²) < 4.78 is 12.2. The molecule has 2 bridgehead atoms. The smallest absolute Gasteiger partial charge is 0.336 e. The zero-order valence-corrected chi connectivity index (χ0v) is 28.7. The van der Waals surface area contributed by atoms with E-state index in [4.69, 9.17) is 9.47 Å². The number of phenolic OH excluding ortho intramolecular Hbond substituents is 1. The number of amides is 1. The molecule has 51 heavy (non-hydrogen) atoms. The van der Waals surface area contributed by atoms with Crippen molar-refractivity contribution in [3.8, 4) is 5.75 Å². The summed E-state index contributed by atoms with van der Waals surface area (Å²) in [6.07, 6.45) is 3.90. The first-order chi connectivity index (χ1) is 24.8. The number of ether oxygens (including phenoxy) is 2. The van der Waals surface area contributed by atoms with Gasteiger partial charge in [-0.15, -0.1) is 0 Å². The van der Waals surface area contributed by atoms with Crippen LogP contribution in [-0.4, -0.2) is 77.4 Å². The molecule has 0 spiro atoms. The first-order valence-electron chi connectivity index (χ1n) is 18.1. The largest absolute Gasteiger partial charge is 0.506 e. The van der Waals surface area contributed by atoms with Crippen LogP contribution in [0.15, 0.2) is 77.6 Å². The summed E-state index contributed by atoms with van der Waals surface area (Å²) in [5.74, 6) is -0.353. The molecule has 3 fully saturated rings. The van der Waals surface area contributed by atoms with Crippen LogP contribution in [0.25, 0.3) is 10.9 Å². The van der Waals surface area contributed by atoms with Crippen molar-refractivity contribution in [2.75, 3.05) is 39.3 Å². The summed E-state index contributed by atoms with van der Waals surface area (Å²) in [6.45, 7) is 4.74. The molecule has 0 radical (unpaired) electrons. The van der Waals surface area contributed by atoms with Crippen molar-refractivity contribution < 1.29 is 29.3 Å². The van der Waals surface area contributed by atoms with Gasteiger partial charge in [-0.2, -0.15) is 0 Å². The lowest BCUT2D eigenvalue weighted by Gasteiger charge is -2.45. The van der Waals surface area contributed by atoms with E-state index in [-0.39, 0.29) is 29.3 Å². The average molecular weight is 695 g/mol. The molecule has 1 aromatic heterocycles. The molecule has 5 N–H and O–H groups in total. The number of hydrogen-bond acceptors (Lipinski definition) is 9. The van der Waals surface area contributed by atoms with Crippen molar-refractivity contribution in [3.63, 3.8) is 0 Å². The number of aryl methyl sites for hydroxylation is 1. The highest BCUT2D eigenvalue weighted by Gasteiger charge is 2.50. The number of H-pyrrole nitrogens is 1. The molecule has 1 amide bonds. The number of benzene rings is 3. The van der Waals surface area contributed by atoms with Gasteiger partial charge in [0.1, 0.15) is 11.9 Å². The fraction of sp³-hybridized carbons (Fsp3) is 0.425. The lowest BCUT2D eigenvalue weighted by atomic mass is 9.85. The molecule has 11 nitrogen and oxygen atoms in total. The van der Waals surface area contributed by atoms with Gasteiger partial charge < -0.3 is 35.3 Å². The Morgan fingerprint density at radius 3 is 2.69 bits per heavy atom. The molecular weight excluding hydrogens is 648 g/mol. The maximum atomic E-state index is 14.0. The van der Waals surface area contributed by atoms with Gasteiger partial charge in [0.25, 0.3) is 5.91 Å². The van der Waals surface area contributed by atoms with Crippen LogP contribution in [0.2, 0.25) is 0 Å². The lowest BCUT2D eigenvalue weighted by Crippen LogP contribution is -2.56. The Morgan fingerprint density at radius 2 is 1.86 bits per heavy atom. The van der Waals surface area contributed by atoms with Gasteiger partial charge in [0, 0.05) is 36.7 Å². The maximum absolute atomic E-state index is 14.0. The highest BCUT2D eigenvalue weighted by Crippen LogP contribution is 2.40. The molecule has 0 saturated carbocycles. The first kappa shape index (κ1) is 34.9. The van der Waals surface area contributed by atoms with Crippen LogP contribution in [0, 0.1) is 5.92 Å². The third kappa shape index (κ3) is 7.57. The molecule has 268 valence electrons. The number of carbonyl (C=O) groups is 2. The molecule has 3 atom stereocenters. The number of aliphatic hydroxyl groups excluding tert-OH is 1. The molecule has 4 heterocycles. The number of fused-ring (bicyclic) bond motifs is 5. The Morgan fingerprint density at radius 1 is 1.02 bits per heavy atom. The Labute approximate surface area is 297 Å². The van der Waals surface area contributed by atoms with Gasteiger partial charge in [-0.25, -0.2) is 4.79 Å². The van der Waals surface area contributed by atoms with Crippen LogP contribution in [0.3, 0.4) is 0 Å². The van der Waals surface area contributed by atoms with E-state index in [0.717, 1.165) is 62.0 Å². The second-order valence-electron chi connectivity index (χ2n) is 14.1. The predicted molar refractivity (Wildman–Crippen MR) is 192 cm³/mol. The second-order valence-corrected chi connectivity index (χ2v) is 14.1. The van der Waals surface area contributed by atoms with E-state index < -0.39 is 11.6 Å². The average Bonchev–Trinajstić information content (AvgIpc) is 3.53. The molecular formula is C40H46N4O7. The number of carbonyl (C=O) groups excluding carboxylic acids is 2. The number of aromatic amines is 1. The zero-order chi connectivity index (χ0) is 35.4. The molecule has 1 aliphatic carbocycles. The summed E-state index contributed by atoms with van der Waals surface area (Å²) in [4.78, 5) is 44.5. The number of aromatic hydroxyl groups is 1. The fourth-order valence-electron chi connectivity index (χ4n) is 7.90. The van der Waals surface area contributed by atoms with E-state index in [1.165, 1.54) is 12.1 Å². The van der Waals surface area contributed by atoms with Gasteiger partial charge in [-0.05, 0) is 111 Å². The zero-order valence-electron chi connectivity index (χ0n) is 28.7. The quantitative estimate of drug-likeness (QED) is 0.0972. The Hall–Kier alpha value is -4.55. The molecule has 2 unspecified atom stereocenters. The number of unbranched alkanes of at least 4 members (excludes halogenated alkanes) is 1. The van der Waals surface area contributed by atoms with Crippen molar-refractivity contribution in [2.45, 2.75) is 62.9 Å². The molecule has 11 heteroatoms. The first-order valence-corrected chi connectivity index (χ1v) is 18.1. The van der Waals surface area contributed by atoms with Gasteiger partial charge in [0.15, 0.2) is 5.54 Å². The fourth-order valence-corrected chi connectivity index (χ4v) is 7.90. The molecule has 3 aromatic carbocycles. The summed E-state index contributed by atoms with van der Waals surface area (Å²) in [7, 11) is 0. The predicted octanol–water partition coefficient (Wildman–Crippen LogP) is 4.06. The van der Waals surface area contributed by atoms with E-state index >= 15 is 0 Å². The summed E-state index contributed by atoms with van der Waals surface area (Å²) in [6, 6.07) is 21.3. The minimum atomic E-state index is -1.23. The standard InChI is InChI=1S/C40H46N4O7/c45-33-12-10-30(31-11-13-36(47)42-37(31)33)34(46)23-41-18-3-4-21-50-25-26-6-5-8-29(22-26)38(48)43-40(17-14-27-7-1-2-9-32(27)40)39(49)51-35-24-44-19-15-28(35)16-20-44/h1-2,5-13,22,28,34-35,41,45-46H,3-4,14-21,23-25H2,(H,42,47)(H,43,48)/t34?,35?,40-/m1/s1. The summed E-state index contributed by atoms with van der Waals surface area (Å²) in [5, 5.41) is 27.8. The Kier molecular flexibility index (Phi) is 10.5. The number of hydrogen-bond donors (Lipinski definition) is 5. The molecule has 3 saturated heterocycles. The van der Waals surface area contributed by atoms with E-state index in [2.05, 4.69) is 20.5 Å². The van der Waals surface area contributed by atoms with Gasteiger partial charge in [-0.1, -0.05) is 42.5 Å². The van der Waals surface area contributed by atoms with Crippen LogP contribution in [0.1, 0.15) is 70.8 Å². The minimum absolute atomic E-state index is 0.0399. The van der Waals surface area contributed by atoms with E-state index in [9.17, 15) is 24.6 Å². The Balaban J connectivity index is 0.889. The molecule has 4 aromatic rings. The van der Waals surface area contributed by atoms with Gasteiger partial charge >= 0.3 is 5.97 Å². The molecule has 4 aliphatic rings. The van der Waals surface area contributed by atoms with Gasteiger partial charge in [0.2, 0.25) is 5.56 Å². The number of aliphatic hydroxyl groups is 1. The maximum Gasteiger partial charge on any atom is 0.336 e. The number of pyridine rings is 1. The van der Waals surface area contributed by atoms with E-state index in [1.807, 2.05) is 42.5 Å². The summed E-state index contributed by atoms with van der Waals surface area (Å²) in [5.41, 5.74) is 2.59. The number of aromatic nitrogens is 1. The SMILES string of the molecule is O=C(N[C@]1(C(=O)OC2CN3CCC2CC3)CCc2ccccc21)c1cccc(COCCCCNCC(O)c2ccc(O)c3[nH]c(=O)ccc23)c1. The van der Waals surface area contributed by atoms with Crippen LogP contribution in [0.5, 0.6) is 5.75 Å². The topological polar surface area (TPSA) is 153 Å². The van der Waals surface area contributed by atoms with Gasteiger partial charge in [0.05, 0.1) is 18.2 Å². The highest BCUT2D eigenvalue weighted by atomic mass is 16.5. The third-order valence-corrected chi connectivity index (χ3v) is 10.7. The van der Waals surface area contributed by atoms with Crippen molar-refractivity contribution in [2.24, 2.45) is 5.92 Å². The number of piperidine rings is 3. The van der Waals surface area contributed by atoms with Crippen molar-refractivity contribution in [3.05, 3.63) is 111 Å². The van der Waals surface area contributed by atoms with Crippen molar-refractivity contribution >= 4 is 22.8 Å². The monoisotopic (exact) mass is 694 g/mol. The third-order valence-electron chi connectivity index (χ3n) is 10.7. The number of rotatable bonds is 14. The number of esters is 1. The molecule has 8 rings (SSSR count). The van der Waals surface area contributed by atoms with Crippen LogP contribution >= 0.6 is 0 Å². The van der Waals surface area contributed by atoms with Crippen molar-refractivity contribution in [1.29, 1.82) is 0 Å². The number of nitrogens with one attached hydrogen (secondary N) is 3. The molecule has 3 aliphatic heterocycles. The van der Waals surface area contributed by atoms with E-state index in [1.54, 1.807) is 18.2 Å². The second kappa shape index (κ2) is 15.4. The number of phenols is 1. The van der Waals surface area contributed by atoms with Gasteiger partial charge in [-0.3, -0.25) is 14.5 Å². The van der Waals surface area contributed by atoms with Crippen LogP contribution in [0.4, 0.5) is 0 Å². The van der Waals surface area contributed by atoms with Crippen LogP contribution < -0.4 is 16.2 Å². The normalized spacial score (nSPS) is 22.8. The summed E-state index contributed by atoms with van der Waals surface area (Å²) >= 11 is 0. The number of nitrogens with zero attached hydrogens (tertiary/aromatic N) is 1.